The molecule has 0 saturated heterocycles. The normalized spacial score (nSPS) is 12.7. The Morgan fingerprint density at radius 2 is 1.88 bits per heavy atom. The summed E-state index contributed by atoms with van der Waals surface area (Å²) in [6, 6.07) is 14.7. The van der Waals surface area contributed by atoms with Crippen LogP contribution in [0, 0.1) is 16.7 Å². The van der Waals surface area contributed by atoms with Gasteiger partial charge in [-0.3, -0.25) is 0 Å². The van der Waals surface area contributed by atoms with Gasteiger partial charge in [-0.05, 0) is 35.7 Å². The van der Waals surface area contributed by atoms with Crippen LogP contribution < -0.4 is 5.32 Å². The average molecular weight is 470 g/mol. The van der Waals surface area contributed by atoms with Crippen molar-refractivity contribution in [2.45, 2.75) is 42.3 Å². The summed E-state index contributed by atoms with van der Waals surface area (Å²) in [4.78, 5) is 16.2. The lowest BCUT2D eigenvalue weighted by Gasteiger charge is -2.30. The number of aromatic nitrogens is 1. The third kappa shape index (κ3) is 4.98. The molecule has 0 aliphatic heterocycles. The summed E-state index contributed by atoms with van der Waals surface area (Å²) in [6.45, 7) is 5.75. The van der Waals surface area contributed by atoms with Crippen molar-refractivity contribution >= 4 is 27.3 Å². The standard InChI is InChI=1S/C23H23N3O4S2/c1-23(2,3)20(26-22(27)28)13-15-12-18(17-10-7-11-25-19(17)14-24)21(31-15)32(29,30)16-8-5-4-6-9-16/h4-12,20,26H,13H2,1-3H3,(H,27,28). The minimum atomic E-state index is -3.87. The van der Waals surface area contributed by atoms with E-state index in [1.165, 1.54) is 18.3 Å². The van der Waals surface area contributed by atoms with Gasteiger partial charge in [-0.1, -0.05) is 39.0 Å². The number of nitrogens with one attached hydrogen (secondary N) is 1. The number of carboxylic acid groups (broad SMARTS) is 1. The molecule has 7 nitrogen and oxygen atoms in total. The topological polar surface area (TPSA) is 120 Å². The molecule has 2 heterocycles. The highest BCUT2D eigenvalue weighted by Crippen LogP contribution is 2.40. The van der Waals surface area contributed by atoms with Crippen LogP contribution in [-0.2, 0) is 16.3 Å². The van der Waals surface area contributed by atoms with E-state index in [4.69, 9.17) is 0 Å². The quantitative estimate of drug-likeness (QED) is 0.538. The first-order valence-corrected chi connectivity index (χ1v) is 12.1. The number of nitrogens with zero attached hydrogens (tertiary/aromatic N) is 2. The Labute approximate surface area is 191 Å². The van der Waals surface area contributed by atoms with Gasteiger partial charge in [0.25, 0.3) is 0 Å². The zero-order valence-electron chi connectivity index (χ0n) is 17.9. The lowest BCUT2D eigenvalue weighted by molar-refractivity contribution is 0.174. The van der Waals surface area contributed by atoms with Crippen LogP contribution in [0.4, 0.5) is 4.79 Å². The fourth-order valence-corrected chi connectivity index (χ4v) is 6.43. The first-order chi connectivity index (χ1) is 15.0. The van der Waals surface area contributed by atoms with Crippen LogP contribution in [0.15, 0.2) is 63.8 Å². The van der Waals surface area contributed by atoms with Crippen LogP contribution in [0.5, 0.6) is 0 Å². The van der Waals surface area contributed by atoms with E-state index >= 15 is 0 Å². The lowest BCUT2D eigenvalue weighted by Crippen LogP contribution is -2.44. The molecule has 1 amide bonds. The Morgan fingerprint density at radius 3 is 2.47 bits per heavy atom. The van der Waals surface area contributed by atoms with Crippen molar-refractivity contribution in [3.05, 3.63) is 65.3 Å². The van der Waals surface area contributed by atoms with Crippen LogP contribution in [0.25, 0.3) is 11.1 Å². The number of amides is 1. The maximum Gasteiger partial charge on any atom is 0.404 e. The second kappa shape index (κ2) is 9.10. The van der Waals surface area contributed by atoms with E-state index in [-0.39, 0.29) is 14.8 Å². The van der Waals surface area contributed by atoms with Crippen LogP contribution in [-0.4, -0.2) is 30.6 Å². The van der Waals surface area contributed by atoms with Gasteiger partial charge in [-0.2, -0.15) is 5.26 Å². The van der Waals surface area contributed by atoms with Gasteiger partial charge in [0, 0.05) is 34.7 Å². The number of nitriles is 1. The third-order valence-electron chi connectivity index (χ3n) is 5.00. The zero-order valence-corrected chi connectivity index (χ0v) is 19.5. The number of thiophene rings is 1. The van der Waals surface area contributed by atoms with Gasteiger partial charge in [0.1, 0.15) is 16.0 Å². The molecule has 2 N–H and O–H groups in total. The number of benzene rings is 1. The largest absolute Gasteiger partial charge is 0.465 e. The molecular weight excluding hydrogens is 446 g/mol. The molecule has 1 unspecified atom stereocenters. The molecule has 0 saturated carbocycles. The molecule has 0 aliphatic carbocycles. The van der Waals surface area contributed by atoms with Crippen molar-refractivity contribution in [1.82, 2.24) is 10.3 Å². The smallest absolute Gasteiger partial charge is 0.404 e. The number of rotatable bonds is 6. The zero-order chi connectivity index (χ0) is 23.5. The average Bonchev–Trinajstić information content (AvgIpc) is 3.17. The van der Waals surface area contributed by atoms with Crippen molar-refractivity contribution in [2.24, 2.45) is 5.41 Å². The van der Waals surface area contributed by atoms with Crippen molar-refractivity contribution < 1.29 is 18.3 Å². The number of pyridine rings is 1. The fraction of sp³-hybridized carbons (Fsp3) is 0.261. The second-order valence-electron chi connectivity index (χ2n) is 8.31. The van der Waals surface area contributed by atoms with E-state index in [9.17, 15) is 23.6 Å². The van der Waals surface area contributed by atoms with Crippen molar-refractivity contribution in [3.63, 3.8) is 0 Å². The van der Waals surface area contributed by atoms with Crippen molar-refractivity contribution in [1.29, 1.82) is 5.26 Å². The van der Waals surface area contributed by atoms with Gasteiger partial charge in [0.15, 0.2) is 0 Å². The number of carbonyl (C=O) groups is 1. The first-order valence-electron chi connectivity index (χ1n) is 9.82. The van der Waals surface area contributed by atoms with Crippen LogP contribution in [0.1, 0.15) is 31.3 Å². The molecule has 2 aromatic heterocycles. The Hall–Kier alpha value is -3.22. The summed E-state index contributed by atoms with van der Waals surface area (Å²) in [6.07, 6.45) is 0.644. The van der Waals surface area contributed by atoms with Gasteiger partial charge in [0.2, 0.25) is 9.84 Å². The summed E-state index contributed by atoms with van der Waals surface area (Å²) in [7, 11) is -3.87. The van der Waals surface area contributed by atoms with Gasteiger partial charge in [-0.25, -0.2) is 18.2 Å². The molecule has 0 aliphatic rings. The molecule has 3 rings (SSSR count). The second-order valence-corrected chi connectivity index (χ2v) is 11.6. The molecule has 0 bridgehead atoms. The molecule has 9 heteroatoms. The molecule has 1 atom stereocenters. The molecule has 166 valence electrons. The third-order valence-corrected chi connectivity index (χ3v) is 8.46. The molecule has 1 aromatic carbocycles. The van der Waals surface area contributed by atoms with Crippen molar-refractivity contribution in [3.8, 4) is 17.2 Å². The maximum atomic E-state index is 13.5. The fourth-order valence-electron chi connectivity index (χ4n) is 3.25. The van der Waals surface area contributed by atoms with Gasteiger partial charge < -0.3 is 10.4 Å². The maximum absolute atomic E-state index is 13.5. The monoisotopic (exact) mass is 469 g/mol. The summed E-state index contributed by atoms with van der Waals surface area (Å²) in [5.74, 6) is 0. The van der Waals surface area contributed by atoms with Crippen LogP contribution in [0.3, 0.4) is 0 Å². The predicted molar refractivity (Wildman–Crippen MR) is 122 cm³/mol. The summed E-state index contributed by atoms with van der Waals surface area (Å²) < 4.78 is 27.1. The summed E-state index contributed by atoms with van der Waals surface area (Å²) >= 11 is 1.09. The van der Waals surface area contributed by atoms with E-state index in [1.54, 1.807) is 36.4 Å². The lowest BCUT2D eigenvalue weighted by atomic mass is 9.84. The Kier molecular flexibility index (Phi) is 6.67. The molecule has 3 aromatic rings. The molecule has 32 heavy (non-hydrogen) atoms. The highest BCUT2D eigenvalue weighted by Gasteiger charge is 2.31. The minimum absolute atomic E-state index is 0.103. The summed E-state index contributed by atoms with van der Waals surface area (Å²) in [5, 5.41) is 21.3. The minimum Gasteiger partial charge on any atom is -0.465 e. The highest BCUT2D eigenvalue weighted by atomic mass is 32.2. The number of sulfone groups is 1. The van der Waals surface area contributed by atoms with Gasteiger partial charge >= 0.3 is 6.09 Å². The summed E-state index contributed by atoms with van der Waals surface area (Å²) in [5.41, 5.74) is 0.539. The Balaban J connectivity index is 2.19. The highest BCUT2D eigenvalue weighted by molar-refractivity contribution is 7.93. The number of hydrogen-bond donors (Lipinski definition) is 2. The van der Waals surface area contributed by atoms with Gasteiger partial charge in [0.05, 0.1) is 4.90 Å². The van der Waals surface area contributed by atoms with E-state index in [2.05, 4.69) is 10.3 Å². The Bertz CT molecular complexity index is 1270. The molecule has 0 spiro atoms. The Morgan fingerprint density at radius 1 is 1.19 bits per heavy atom. The first kappa shape index (κ1) is 23.4. The SMILES string of the molecule is CC(C)(C)C(Cc1cc(-c2cccnc2C#N)c(S(=O)(=O)c2ccccc2)s1)NC(=O)O. The van der Waals surface area contributed by atoms with Crippen LogP contribution in [0.2, 0.25) is 0 Å². The molecule has 0 fully saturated rings. The van der Waals surface area contributed by atoms with Crippen LogP contribution >= 0.6 is 11.3 Å². The van der Waals surface area contributed by atoms with Crippen molar-refractivity contribution in [2.75, 3.05) is 0 Å². The van der Waals surface area contributed by atoms with E-state index in [0.29, 0.717) is 22.4 Å². The molecule has 0 radical (unpaired) electrons. The number of hydrogen-bond acceptors (Lipinski definition) is 6. The van der Waals surface area contributed by atoms with E-state index in [1.807, 2.05) is 26.8 Å². The van der Waals surface area contributed by atoms with Gasteiger partial charge in [-0.15, -0.1) is 11.3 Å². The predicted octanol–water partition coefficient (Wildman–Crippen LogP) is 4.74. The van der Waals surface area contributed by atoms with E-state index < -0.39 is 27.4 Å². The van der Waals surface area contributed by atoms with E-state index in [0.717, 1.165) is 11.3 Å². The molecular formula is C23H23N3O4S2.